The fourth-order valence-electron chi connectivity index (χ4n) is 2.07. The lowest BCUT2D eigenvalue weighted by Crippen LogP contribution is -2.31. The van der Waals surface area contributed by atoms with Crippen molar-refractivity contribution in [3.05, 3.63) is 12.2 Å². The summed E-state index contributed by atoms with van der Waals surface area (Å²) in [7, 11) is 0. The summed E-state index contributed by atoms with van der Waals surface area (Å²) >= 11 is 0. The minimum Gasteiger partial charge on any atom is -0.446 e. The molecule has 0 aromatic carbocycles. The van der Waals surface area contributed by atoms with Gasteiger partial charge in [-0.2, -0.15) is 0 Å². The molecule has 0 radical (unpaired) electrons. The van der Waals surface area contributed by atoms with E-state index in [4.69, 9.17) is 19.9 Å². The molecule has 1 unspecified atom stereocenters. The zero-order chi connectivity index (χ0) is 15.2. The average molecular weight is 300 g/mol. The fraction of sp³-hybridized carbons (Fsp3) is 0.800. The molecule has 1 aliphatic carbocycles. The zero-order valence-electron chi connectivity index (χ0n) is 12.7. The Bertz CT molecular complexity index is 297. The van der Waals surface area contributed by atoms with Crippen molar-refractivity contribution in [1.82, 2.24) is 5.32 Å². The van der Waals surface area contributed by atoms with Gasteiger partial charge in [0, 0.05) is 13.1 Å². The second-order valence-corrected chi connectivity index (χ2v) is 4.95. The summed E-state index contributed by atoms with van der Waals surface area (Å²) in [6.45, 7) is 2.99. The van der Waals surface area contributed by atoms with Crippen molar-refractivity contribution < 1.29 is 19.0 Å². The van der Waals surface area contributed by atoms with Gasteiger partial charge in [0.1, 0.15) is 6.10 Å². The third-order valence-electron chi connectivity index (χ3n) is 3.14. The Kier molecular flexibility index (Phi) is 10.8. The number of hydrogen-bond acceptors (Lipinski definition) is 5. The van der Waals surface area contributed by atoms with Gasteiger partial charge in [0.25, 0.3) is 0 Å². The predicted molar refractivity (Wildman–Crippen MR) is 81.2 cm³/mol. The van der Waals surface area contributed by atoms with Gasteiger partial charge in [-0.25, -0.2) is 4.79 Å². The van der Waals surface area contributed by atoms with Gasteiger partial charge in [0.2, 0.25) is 0 Å². The van der Waals surface area contributed by atoms with Crippen LogP contribution in [0.3, 0.4) is 0 Å². The molecule has 0 fully saturated rings. The molecule has 1 atom stereocenters. The van der Waals surface area contributed by atoms with Crippen molar-refractivity contribution >= 4 is 6.09 Å². The van der Waals surface area contributed by atoms with E-state index in [1.54, 1.807) is 0 Å². The van der Waals surface area contributed by atoms with Crippen LogP contribution < -0.4 is 11.1 Å². The molecule has 3 N–H and O–H groups in total. The monoisotopic (exact) mass is 300 g/mol. The molecule has 1 aliphatic rings. The summed E-state index contributed by atoms with van der Waals surface area (Å²) in [6, 6.07) is 0. The Labute approximate surface area is 127 Å². The van der Waals surface area contributed by atoms with Crippen LogP contribution in [0.5, 0.6) is 0 Å². The summed E-state index contributed by atoms with van der Waals surface area (Å²) in [5.74, 6) is 0. The van der Waals surface area contributed by atoms with Crippen molar-refractivity contribution in [1.29, 1.82) is 0 Å². The lowest BCUT2D eigenvalue weighted by atomic mass is 10.0. The molecule has 0 bridgehead atoms. The number of hydrogen-bond donors (Lipinski definition) is 2. The van der Waals surface area contributed by atoms with Crippen LogP contribution in [0.15, 0.2) is 12.2 Å². The molecule has 6 nitrogen and oxygen atoms in total. The van der Waals surface area contributed by atoms with Gasteiger partial charge in [0.05, 0.1) is 26.4 Å². The average Bonchev–Trinajstić information content (AvgIpc) is 2.44. The lowest BCUT2D eigenvalue weighted by Gasteiger charge is -2.18. The quantitative estimate of drug-likeness (QED) is 0.499. The molecule has 1 amide bonds. The van der Waals surface area contributed by atoms with Crippen LogP contribution in [0.25, 0.3) is 0 Å². The minimum absolute atomic E-state index is 0.0283. The maximum absolute atomic E-state index is 11.6. The highest BCUT2D eigenvalue weighted by Crippen LogP contribution is 2.15. The number of alkyl carbamates (subject to hydrolysis) is 1. The molecular weight excluding hydrogens is 272 g/mol. The fourth-order valence-corrected chi connectivity index (χ4v) is 2.07. The van der Waals surface area contributed by atoms with Gasteiger partial charge < -0.3 is 25.3 Å². The Morgan fingerprint density at radius 2 is 1.86 bits per heavy atom. The summed E-state index contributed by atoms with van der Waals surface area (Å²) in [5, 5.41) is 2.70. The Morgan fingerprint density at radius 3 is 2.67 bits per heavy atom. The van der Waals surface area contributed by atoms with Gasteiger partial charge in [-0.15, -0.1) is 0 Å². The molecule has 122 valence electrons. The van der Waals surface area contributed by atoms with Gasteiger partial charge in [-0.1, -0.05) is 12.2 Å². The topological polar surface area (TPSA) is 82.8 Å². The third kappa shape index (κ3) is 10.3. The Hall–Kier alpha value is -1.11. The number of ether oxygens (including phenoxy) is 3. The largest absolute Gasteiger partial charge is 0.446 e. The van der Waals surface area contributed by atoms with Crippen molar-refractivity contribution in [3.8, 4) is 0 Å². The summed E-state index contributed by atoms with van der Waals surface area (Å²) in [5.41, 5.74) is 5.29. The zero-order valence-corrected chi connectivity index (χ0v) is 12.7. The first-order valence-corrected chi connectivity index (χ1v) is 7.78. The maximum Gasteiger partial charge on any atom is 0.407 e. The van der Waals surface area contributed by atoms with E-state index in [9.17, 15) is 4.79 Å². The SMILES string of the molecule is NCCOCCOCCNC(=O)OC1CC/C=C\CCC1. The van der Waals surface area contributed by atoms with E-state index in [-0.39, 0.29) is 12.2 Å². The van der Waals surface area contributed by atoms with E-state index in [0.717, 1.165) is 32.1 Å². The molecule has 21 heavy (non-hydrogen) atoms. The number of amides is 1. The first-order chi connectivity index (χ1) is 10.3. The number of carbonyl (C=O) groups is 1. The molecule has 6 heteroatoms. The first kappa shape index (κ1) is 17.9. The summed E-state index contributed by atoms with van der Waals surface area (Å²) < 4.78 is 15.9. The highest BCUT2D eigenvalue weighted by molar-refractivity contribution is 5.67. The summed E-state index contributed by atoms with van der Waals surface area (Å²) in [4.78, 5) is 11.6. The first-order valence-electron chi connectivity index (χ1n) is 7.78. The van der Waals surface area contributed by atoms with Crippen LogP contribution in [0.2, 0.25) is 0 Å². The van der Waals surface area contributed by atoms with Gasteiger partial charge in [-0.3, -0.25) is 0 Å². The molecule has 0 spiro atoms. The molecule has 0 aromatic rings. The normalized spacial score (nSPS) is 20.3. The van der Waals surface area contributed by atoms with Crippen LogP contribution in [0.1, 0.15) is 32.1 Å². The number of allylic oxidation sites excluding steroid dienone is 2. The smallest absolute Gasteiger partial charge is 0.407 e. The van der Waals surface area contributed by atoms with E-state index >= 15 is 0 Å². The molecule has 0 saturated carbocycles. The predicted octanol–water partition coefficient (Wildman–Crippen LogP) is 1.59. The standard InChI is InChI=1S/C15H28N2O4/c16-8-10-19-12-13-20-11-9-17-15(18)21-14-6-4-2-1-3-5-7-14/h1-2,14H,3-13,16H2,(H,17,18)/b2-1-. The minimum atomic E-state index is -0.354. The highest BCUT2D eigenvalue weighted by Gasteiger charge is 2.14. The number of nitrogens with two attached hydrogens (primary N) is 1. The molecule has 0 aromatic heterocycles. The van der Waals surface area contributed by atoms with E-state index in [2.05, 4.69) is 17.5 Å². The Morgan fingerprint density at radius 1 is 1.10 bits per heavy atom. The molecule has 0 aliphatic heterocycles. The second kappa shape index (κ2) is 12.6. The second-order valence-electron chi connectivity index (χ2n) is 4.95. The van der Waals surface area contributed by atoms with Crippen LogP contribution >= 0.6 is 0 Å². The van der Waals surface area contributed by atoms with Crippen LogP contribution in [0, 0.1) is 0 Å². The lowest BCUT2D eigenvalue weighted by molar-refractivity contribution is 0.0491. The number of nitrogens with one attached hydrogen (secondary N) is 1. The third-order valence-corrected chi connectivity index (χ3v) is 3.14. The van der Waals surface area contributed by atoms with E-state index < -0.39 is 0 Å². The van der Waals surface area contributed by atoms with Crippen molar-refractivity contribution in [2.75, 3.05) is 39.5 Å². The van der Waals surface area contributed by atoms with Crippen LogP contribution in [-0.4, -0.2) is 51.7 Å². The van der Waals surface area contributed by atoms with Crippen molar-refractivity contribution in [2.24, 2.45) is 5.73 Å². The number of carbonyl (C=O) groups excluding carboxylic acids is 1. The number of rotatable bonds is 9. The Balaban J connectivity index is 1.96. The van der Waals surface area contributed by atoms with Gasteiger partial charge >= 0.3 is 6.09 Å². The van der Waals surface area contributed by atoms with Crippen LogP contribution in [0.4, 0.5) is 4.79 Å². The van der Waals surface area contributed by atoms with Crippen molar-refractivity contribution in [3.63, 3.8) is 0 Å². The maximum atomic E-state index is 11.6. The molecule has 0 saturated heterocycles. The van der Waals surface area contributed by atoms with Crippen molar-refractivity contribution in [2.45, 2.75) is 38.2 Å². The van der Waals surface area contributed by atoms with Gasteiger partial charge in [0.15, 0.2) is 0 Å². The molecule has 1 rings (SSSR count). The van der Waals surface area contributed by atoms with E-state index in [0.29, 0.717) is 39.5 Å². The highest BCUT2D eigenvalue weighted by atomic mass is 16.6. The molecule has 0 heterocycles. The van der Waals surface area contributed by atoms with Crippen LogP contribution in [-0.2, 0) is 14.2 Å². The summed E-state index contributed by atoms with van der Waals surface area (Å²) in [6.07, 6.45) is 8.99. The van der Waals surface area contributed by atoms with E-state index in [1.807, 2.05) is 0 Å². The van der Waals surface area contributed by atoms with E-state index in [1.165, 1.54) is 0 Å². The molecular formula is C15H28N2O4. The van der Waals surface area contributed by atoms with Gasteiger partial charge in [-0.05, 0) is 32.1 Å².